The first-order valence-corrected chi connectivity index (χ1v) is 10.3. The lowest BCUT2D eigenvalue weighted by Gasteiger charge is -2.35. The van der Waals surface area contributed by atoms with Crippen LogP contribution in [0.1, 0.15) is 31.0 Å². The summed E-state index contributed by atoms with van der Waals surface area (Å²) in [7, 11) is 0. The van der Waals surface area contributed by atoms with Gasteiger partial charge in [0.15, 0.2) is 0 Å². The van der Waals surface area contributed by atoms with Gasteiger partial charge in [-0.15, -0.1) is 11.3 Å². The number of ether oxygens (including phenoxy) is 1. The van der Waals surface area contributed by atoms with Crippen LogP contribution in [0.3, 0.4) is 0 Å². The lowest BCUT2D eigenvalue weighted by atomic mass is 9.94. The van der Waals surface area contributed by atoms with Gasteiger partial charge in [-0.1, -0.05) is 18.2 Å². The molecule has 1 aromatic carbocycles. The SMILES string of the molecule is CCOc1ccccc1CN1C[C@@H]2CC[C@H](C1)N(Cc1cscn1)C2=O. The van der Waals surface area contributed by atoms with E-state index in [1.165, 1.54) is 5.56 Å². The summed E-state index contributed by atoms with van der Waals surface area (Å²) in [6.07, 6.45) is 2.09. The van der Waals surface area contributed by atoms with Crippen molar-refractivity contribution in [1.29, 1.82) is 0 Å². The molecular weight excluding hydrogens is 346 g/mol. The van der Waals surface area contributed by atoms with E-state index in [-0.39, 0.29) is 12.0 Å². The zero-order valence-corrected chi connectivity index (χ0v) is 16.0. The maximum atomic E-state index is 13.0. The minimum atomic E-state index is 0.103. The number of piperidine rings is 1. The number of amides is 1. The Hall–Kier alpha value is -1.92. The Kier molecular flexibility index (Phi) is 5.22. The van der Waals surface area contributed by atoms with Crippen LogP contribution in [0, 0.1) is 5.92 Å². The number of hydrogen-bond acceptors (Lipinski definition) is 5. The van der Waals surface area contributed by atoms with Gasteiger partial charge < -0.3 is 9.64 Å². The number of carbonyl (C=O) groups excluding carboxylic acids is 1. The molecule has 3 saturated heterocycles. The van der Waals surface area contributed by atoms with Crippen LogP contribution in [0.25, 0.3) is 0 Å². The van der Waals surface area contributed by atoms with Gasteiger partial charge in [-0.05, 0) is 25.8 Å². The van der Waals surface area contributed by atoms with E-state index in [0.717, 1.165) is 43.9 Å². The molecule has 0 aliphatic carbocycles. The van der Waals surface area contributed by atoms with Crippen molar-refractivity contribution in [2.75, 3.05) is 19.7 Å². The van der Waals surface area contributed by atoms with Crippen molar-refractivity contribution in [2.45, 2.75) is 38.9 Å². The predicted octanol–water partition coefficient (Wildman–Crippen LogP) is 3.16. The second-order valence-electron chi connectivity index (χ2n) is 7.11. The molecule has 1 aromatic heterocycles. The van der Waals surface area contributed by atoms with Crippen molar-refractivity contribution in [3.63, 3.8) is 0 Å². The predicted molar refractivity (Wildman–Crippen MR) is 102 cm³/mol. The summed E-state index contributed by atoms with van der Waals surface area (Å²) in [5.41, 5.74) is 4.05. The van der Waals surface area contributed by atoms with Crippen LogP contribution in [-0.4, -0.2) is 46.4 Å². The second-order valence-corrected chi connectivity index (χ2v) is 7.83. The van der Waals surface area contributed by atoms with Crippen LogP contribution in [-0.2, 0) is 17.9 Å². The van der Waals surface area contributed by atoms with Gasteiger partial charge in [0.25, 0.3) is 0 Å². The van der Waals surface area contributed by atoms with Crippen molar-refractivity contribution in [3.05, 3.63) is 46.4 Å². The first kappa shape index (κ1) is 17.5. The first-order valence-electron chi connectivity index (χ1n) is 9.35. The van der Waals surface area contributed by atoms with E-state index < -0.39 is 0 Å². The van der Waals surface area contributed by atoms with E-state index in [1.54, 1.807) is 11.3 Å². The number of nitrogens with zero attached hydrogens (tertiary/aromatic N) is 3. The van der Waals surface area contributed by atoms with Crippen LogP contribution >= 0.6 is 11.3 Å². The number of fused-ring (bicyclic) bond motifs is 4. The van der Waals surface area contributed by atoms with Crippen LogP contribution in [0.4, 0.5) is 0 Å². The summed E-state index contributed by atoms with van der Waals surface area (Å²) in [5, 5.41) is 2.04. The van der Waals surface area contributed by atoms with Crippen LogP contribution in [0.2, 0.25) is 0 Å². The monoisotopic (exact) mass is 371 g/mol. The van der Waals surface area contributed by atoms with E-state index in [9.17, 15) is 4.79 Å². The lowest BCUT2D eigenvalue weighted by Crippen LogP contribution is -2.47. The molecule has 138 valence electrons. The molecule has 3 fully saturated rings. The second kappa shape index (κ2) is 7.76. The molecule has 0 radical (unpaired) electrons. The lowest BCUT2D eigenvalue weighted by molar-refractivity contribution is -0.140. The summed E-state index contributed by atoms with van der Waals surface area (Å²) in [4.78, 5) is 21.8. The fraction of sp³-hybridized carbons (Fsp3) is 0.500. The first-order chi connectivity index (χ1) is 12.7. The average molecular weight is 372 g/mol. The minimum Gasteiger partial charge on any atom is -0.494 e. The van der Waals surface area contributed by atoms with Crippen LogP contribution in [0.15, 0.2) is 35.2 Å². The molecule has 2 aromatic rings. The molecule has 0 N–H and O–H groups in total. The Bertz CT molecular complexity index is 749. The zero-order valence-electron chi connectivity index (χ0n) is 15.1. The molecule has 1 amide bonds. The van der Waals surface area contributed by atoms with Gasteiger partial charge in [0.2, 0.25) is 5.91 Å². The molecule has 5 nitrogen and oxygen atoms in total. The highest BCUT2D eigenvalue weighted by Gasteiger charge is 2.40. The Labute approximate surface area is 158 Å². The van der Waals surface area contributed by atoms with Gasteiger partial charge in [0.1, 0.15) is 5.75 Å². The third-order valence-electron chi connectivity index (χ3n) is 5.35. The Morgan fingerprint density at radius 2 is 2.12 bits per heavy atom. The van der Waals surface area contributed by atoms with E-state index in [2.05, 4.69) is 26.9 Å². The number of para-hydroxylation sites is 1. The fourth-order valence-electron chi connectivity index (χ4n) is 4.13. The molecule has 3 aliphatic heterocycles. The third kappa shape index (κ3) is 3.62. The molecule has 0 spiro atoms. The normalized spacial score (nSPS) is 23.3. The van der Waals surface area contributed by atoms with E-state index in [0.29, 0.717) is 19.1 Å². The van der Waals surface area contributed by atoms with E-state index in [1.807, 2.05) is 29.9 Å². The summed E-state index contributed by atoms with van der Waals surface area (Å²) in [6, 6.07) is 8.52. The number of aromatic nitrogens is 1. The highest BCUT2D eigenvalue weighted by molar-refractivity contribution is 7.07. The fourth-order valence-corrected chi connectivity index (χ4v) is 4.68. The maximum absolute atomic E-state index is 13.0. The standard InChI is InChI=1S/C20H25N3O2S/c1-2-25-19-6-4-3-5-15(19)9-22-10-16-7-8-18(12-22)23(20(16)24)11-17-13-26-14-21-17/h3-6,13-14,16,18H,2,7-12H2,1H3/t16-,18+/m0/s1. The molecule has 2 bridgehead atoms. The zero-order chi connectivity index (χ0) is 17.9. The van der Waals surface area contributed by atoms with Gasteiger partial charge in [-0.2, -0.15) is 0 Å². The van der Waals surface area contributed by atoms with Crippen molar-refractivity contribution in [1.82, 2.24) is 14.8 Å². The molecule has 4 heterocycles. The van der Waals surface area contributed by atoms with Crippen molar-refractivity contribution in [3.8, 4) is 5.75 Å². The van der Waals surface area contributed by atoms with E-state index >= 15 is 0 Å². The summed E-state index contributed by atoms with van der Waals surface area (Å²) in [5.74, 6) is 1.36. The van der Waals surface area contributed by atoms with E-state index in [4.69, 9.17) is 4.74 Å². The average Bonchev–Trinajstić information content (AvgIpc) is 3.02. The molecule has 0 unspecified atom stereocenters. The van der Waals surface area contributed by atoms with Crippen LogP contribution < -0.4 is 4.74 Å². The molecular formula is C20H25N3O2S. The molecule has 3 aliphatic rings. The molecule has 2 atom stereocenters. The van der Waals surface area contributed by atoms with Gasteiger partial charge in [-0.3, -0.25) is 9.69 Å². The van der Waals surface area contributed by atoms with Gasteiger partial charge in [0.05, 0.1) is 30.3 Å². The van der Waals surface area contributed by atoms with Gasteiger partial charge >= 0.3 is 0 Å². The largest absolute Gasteiger partial charge is 0.494 e. The van der Waals surface area contributed by atoms with Crippen molar-refractivity contribution < 1.29 is 9.53 Å². The summed E-state index contributed by atoms with van der Waals surface area (Å²) < 4.78 is 5.78. The Morgan fingerprint density at radius 3 is 2.92 bits per heavy atom. The summed E-state index contributed by atoms with van der Waals surface area (Å²) in [6.45, 7) is 5.92. The quantitative estimate of drug-likeness (QED) is 0.782. The van der Waals surface area contributed by atoms with Gasteiger partial charge in [0, 0.05) is 36.6 Å². The van der Waals surface area contributed by atoms with Crippen molar-refractivity contribution >= 4 is 17.2 Å². The third-order valence-corrected chi connectivity index (χ3v) is 5.99. The highest BCUT2D eigenvalue weighted by Crippen LogP contribution is 2.32. The topological polar surface area (TPSA) is 45.7 Å². The summed E-state index contributed by atoms with van der Waals surface area (Å²) >= 11 is 1.59. The Balaban J connectivity index is 1.50. The minimum absolute atomic E-state index is 0.103. The Morgan fingerprint density at radius 1 is 1.23 bits per heavy atom. The molecule has 6 heteroatoms. The molecule has 5 rings (SSSR count). The number of benzene rings is 1. The number of thiazole rings is 1. The molecule has 26 heavy (non-hydrogen) atoms. The van der Waals surface area contributed by atoms with Crippen LogP contribution in [0.5, 0.6) is 5.75 Å². The highest BCUT2D eigenvalue weighted by atomic mass is 32.1. The smallest absolute Gasteiger partial charge is 0.227 e. The van der Waals surface area contributed by atoms with Gasteiger partial charge in [-0.25, -0.2) is 4.98 Å². The number of hydrogen-bond donors (Lipinski definition) is 0. The molecule has 0 saturated carbocycles. The van der Waals surface area contributed by atoms with Crippen molar-refractivity contribution in [2.24, 2.45) is 5.92 Å². The number of carbonyl (C=O) groups is 1. The number of rotatable bonds is 6. The maximum Gasteiger partial charge on any atom is 0.227 e.